The number of thioether (sulfide) groups is 1. The number of aromatic nitrogens is 5. The molecule has 0 bridgehead atoms. The zero-order valence-corrected chi connectivity index (χ0v) is 23.8. The predicted octanol–water partition coefficient (Wildman–Crippen LogP) is 4.98. The van der Waals surface area contributed by atoms with Gasteiger partial charge in [0, 0.05) is 24.1 Å². The molecule has 8 nitrogen and oxygen atoms in total. The van der Waals surface area contributed by atoms with Crippen LogP contribution in [0.15, 0.2) is 88.8 Å². The first-order chi connectivity index (χ1) is 19.9. The van der Waals surface area contributed by atoms with Gasteiger partial charge >= 0.3 is 0 Å². The first-order valence-electron chi connectivity index (χ1n) is 13.5. The molecule has 2 aromatic heterocycles. The van der Waals surface area contributed by atoms with Crippen LogP contribution < -0.4 is 10.9 Å². The highest BCUT2D eigenvalue weighted by atomic mass is 32.2. The summed E-state index contributed by atoms with van der Waals surface area (Å²) >= 11 is 1.40. The van der Waals surface area contributed by atoms with E-state index in [2.05, 4.69) is 34.5 Å². The second kappa shape index (κ2) is 12.9. The Balaban J connectivity index is 1.31. The molecule has 0 aliphatic heterocycles. The molecule has 0 saturated heterocycles. The molecular weight excluding hydrogens is 539 g/mol. The minimum atomic E-state index is -0.361. The van der Waals surface area contributed by atoms with E-state index in [4.69, 9.17) is 0 Å². The number of halogens is 1. The molecule has 2 heterocycles. The average molecular weight is 571 g/mol. The number of amides is 1. The lowest BCUT2D eigenvalue weighted by molar-refractivity contribution is -0.122. The molecule has 0 saturated carbocycles. The Hall–Kier alpha value is -4.31. The van der Waals surface area contributed by atoms with Crippen LogP contribution in [0.5, 0.6) is 0 Å². The smallest absolute Gasteiger partial charge is 0.275 e. The van der Waals surface area contributed by atoms with E-state index in [0.29, 0.717) is 46.6 Å². The minimum absolute atomic E-state index is 0.137. The van der Waals surface area contributed by atoms with Crippen molar-refractivity contribution in [1.29, 1.82) is 0 Å². The Morgan fingerprint density at radius 3 is 2.41 bits per heavy atom. The topological polar surface area (TPSA) is 94.7 Å². The van der Waals surface area contributed by atoms with Gasteiger partial charge < -0.3 is 9.88 Å². The van der Waals surface area contributed by atoms with Crippen LogP contribution in [0.2, 0.25) is 0 Å². The van der Waals surface area contributed by atoms with Crippen LogP contribution in [-0.4, -0.2) is 30.5 Å². The molecule has 1 N–H and O–H groups in total. The molecule has 41 heavy (non-hydrogen) atoms. The number of fused-ring (bicyclic) bond motifs is 1. The molecule has 10 heteroatoms. The molecule has 0 fully saturated rings. The van der Waals surface area contributed by atoms with E-state index in [1.807, 2.05) is 53.1 Å². The van der Waals surface area contributed by atoms with E-state index in [1.54, 1.807) is 24.3 Å². The van der Waals surface area contributed by atoms with Crippen LogP contribution in [0.25, 0.3) is 10.8 Å². The highest BCUT2D eigenvalue weighted by Crippen LogP contribution is 2.24. The molecule has 0 aliphatic rings. The highest BCUT2D eigenvalue weighted by Gasteiger charge is 2.17. The van der Waals surface area contributed by atoms with Gasteiger partial charge in [-0.1, -0.05) is 92.3 Å². The summed E-state index contributed by atoms with van der Waals surface area (Å²) in [4.78, 5) is 26.2. The van der Waals surface area contributed by atoms with Crippen molar-refractivity contribution in [2.45, 2.75) is 50.8 Å². The summed E-state index contributed by atoms with van der Waals surface area (Å²) in [5.74, 6) is 0.687. The molecule has 0 radical (unpaired) electrons. The zero-order valence-electron chi connectivity index (χ0n) is 23.0. The van der Waals surface area contributed by atoms with E-state index in [1.165, 1.54) is 22.5 Å². The number of benzene rings is 3. The van der Waals surface area contributed by atoms with Gasteiger partial charge in [-0.3, -0.25) is 9.59 Å². The number of nitrogens with one attached hydrogen (secondary N) is 1. The normalized spacial score (nSPS) is 11.3. The van der Waals surface area contributed by atoms with Crippen molar-refractivity contribution >= 4 is 28.4 Å². The van der Waals surface area contributed by atoms with Crippen molar-refractivity contribution in [3.8, 4) is 0 Å². The van der Waals surface area contributed by atoms with Gasteiger partial charge in [-0.05, 0) is 29.2 Å². The van der Waals surface area contributed by atoms with Crippen molar-refractivity contribution in [1.82, 2.24) is 29.9 Å². The Morgan fingerprint density at radius 2 is 1.66 bits per heavy atom. The van der Waals surface area contributed by atoms with E-state index in [9.17, 15) is 14.0 Å². The molecular formula is C31H31FN6O2S. The number of hydrogen-bond acceptors (Lipinski definition) is 6. The van der Waals surface area contributed by atoms with Gasteiger partial charge in [0.05, 0.1) is 17.6 Å². The van der Waals surface area contributed by atoms with Gasteiger partial charge in [0.25, 0.3) is 5.56 Å². The van der Waals surface area contributed by atoms with Gasteiger partial charge in [0.2, 0.25) is 5.91 Å². The second-order valence-corrected chi connectivity index (χ2v) is 11.1. The minimum Gasteiger partial charge on any atom is -0.347 e. The molecule has 210 valence electrons. The maximum Gasteiger partial charge on any atom is 0.275 e. The highest BCUT2D eigenvalue weighted by molar-refractivity contribution is 7.98. The van der Waals surface area contributed by atoms with Crippen LogP contribution in [-0.2, 0) is 36.6 Å². The molecule has 0 aliphatic carbocycles. The summed E-state index contributed by atoms with van der Waals surface area (Å²) < 4.78 is 17.3. The first-order valence-corrected chi connectivity index (χ1v) is 14.4. The quantitative estimate of drug-likeness (QED) is 0.225. The van der Waals surface area contributed by atoms with Crippen molar-refractivity contribution in [2.75, 3.05) is 0 Å². The van der Waals surface area contributed by atoms with E-state index >= 15 is 0 Å². The van der Waals surface area contributed by atoms with Gasteiger partial charge in [0.1, 0.15) is 12.4 Å². The lowest BCUT2D eigenvalue weighted by atomic mass is 10.0. The molecule has 0 atom stereocenters. The fourth-order valence-electron chi connectivity index (χ4n) is 4.56. The van der Waals surface area contributed by atoms with Crippen LogP contribution >= 0.6 is 11.8 Å². The Bertz CT molecular complexity index is 1720. The fraction of sp³-hybridized carbons (Fsp3) is 0.258. The van der Waals surface area contributed by atoms with E-state index in [-0.39, 0.29) is 30.4 Å². The van der Waals surface area contributed by atoms with Crippen LogP contribution in [0.1, 0.15) is 36.5 Å². The maximum atomic E-state index is 14.1. The Morgan fingerprint density at radius 1 is 0.951 bits per heavy atom. The summed E-state index contributed by atoms with van der Waals surface area (Å²) in [6, 6.07) is 23.9. The lowest BCUT2D eigenvalue weighted by Gasteiger charge is -2.14. The summed E-state index contributed by atoms with van der Waals surface area (Å²) in [5.41, 5.74) is 2.06. The van der Waals surface area contributed by atoms with Gasteiger partial charge in [0.15, 0.2) is 11.0 Å². The molecule has 1 amide bonds. The molecule has 5 rings (SSSR count). The van der Waals surface area contributed by atoms with Crippen molar-refractivity contribution in [3.63, 3.8) is 0 Å². The van der Waals surface area contributed by atoms with Crippen molar-refractivity contribution in [3.05, 3.63) is 118 Å². The first kappa shape index (κ1) is 28.2. The summed E-state index contributed by atoms with van der Waals surface area (Å²) in [6.07, 6.45) is 0.537. The lowest BCUT2D eigenvalue weighted by Crippen LogP contribution is -2.34. The number of nitrogens with zero attached hydrogens (tertiary/aromatic N) is 5. The largest absolute Gasteiger partial charge is 0.347 e. The van der Waals surface area contributed by atoms with Crippen molar-refractivity contribution < 1.29 is 9.18 Å². The van der Waals surface area contributed by atoms with Crippen LogP contribution in [0.4, 0.5) is 4.39 Å². The monoisotopic (exact) mass is 570 g/mol. The molecule has 5 aromatic rings. The van der Waals surface area contributed by atoms with E-state index in [0.717, 1.165) is 16.6 Å². The second-order valence-electron chi connectivity index (χ2n) is 10.2. The molecule has 0 unspecified atom stereocenters. The summed E-state index contributed by atoms with van der Waals surface area (Å²) in [5, 5.41) is 18.0. The maximum absolute atomic E-state index is 14.1. The number of carbonyl (C=O) groups excluding carboxylic acids is 1. The van der Waals surface area contributed by atoms with Gasteiger partial charge in [-0.25, -0.2) is 9.07 Å². The third kappa shape index (κ3) is 6.89. The zero-order chi connectivity index (χ0) is 28.8. The number of hydrogen-bond donors (Lipinski definition) is 1. The van der Waals surface area contributed by atoms with Gasteiger partial charge in [-0.2, -0.15) is 5.10 Å². The van der Waals surface area contributed by atoms with E-state index < -0.39 is 0 Å². The van der Waals surface area contributed by atoms with Gasteiger partial charge in [-0.15, -0.1) is 10.2 Å². The molecule has 3 aromatic carbocycles. The molecule has 0 spiro atoms. The summed E-state index contributed by atoms with van der Waals surface area (Å²) in [6.45, 7) is 4.72. The Kier molecular flexibility index (Phi) is 8.88. The standard InChI is InChI=1S/C31H31FN6O2S/c1-21(2)18-37-28(34-35-31(37)41-20-23-12-6-9-15-26(23)32)17-33-29(39)19-38-30(40)25-14-8-7-13-24(25)27(36-38)16-22-10-4-3-5-11-22/h3-15,21H,16-20H2,1-2H3,(H,33,39). The van der Waals surface area contributed by atoms with Crippen molar-refractivity contribution in [2.24, 2.45) is 5.92 Å². The average Bonchev–Trinajstić information content (AvgIpc) is 3.35. The number of rotatable bonds is 11. The third-order valence-electron chi connectivity index (χ3n) is 6.55. The predicted molar refractivity (Wildman–Crippen MR) is 158 cm³/mol. The number of carbonyl (C=O) groups is 1. The van der Waals surface area contributed by atoms with Crippen LogP contribution in [0.3, 0.4) is 0 Å². The Labute approximate surface area is 241 Å². The third-order valence-corrected chi connectivity index (χ3v) is 7.57. The van der Waals surface area contributed by atoms with Crippen LogP contribution in [0, 0.1) is 11.7 Å². The fourth-order valence-corrected chi connectivity index (χ4v) is 5.52. The SMILES string of the molecule is CC(C)Cn1c(CNC(=O)Cn2nc(Cc3ccccc3)c3ccccc3c2=O)nnc1SCc1ccccc1F. The summed E-state index contributed by atoms with van der Waals surface area (Å²) in [7, 11) is 0.